The van der Waals surface area contributed by atoms with E-state index in [0.29, 0.717) is 37.9 Å². The number of benzene rings is 1. The van der Waals surface area contributed by atoms with E-state index >= 15 is 0 Å². The molecule has 1 aliphatic heterocycles. The van der Waals surface area contributed by atoms with Crippen LogP contribution in [-0.4, -0.2) is 29.1 Å². The summed E-state index contributed by atoms with van der Waals surface area (Å²) in [5.74, 6) is -0.922. The summed E-state index contributed by atoms with van der Waals surface area (Å²) >= 11 is 3.26. The highest BCUT2D eigenvalue weighted by atomic mass is 79.9. The molecule has 116 valence electrons. The smallest absolute Gasteiger partial charge is 0.309 e. The second-order valence-electron chi connectivity index (χ2n) is 5.82. The number of halogens is 2. The minimum Gasteiger partial charge on any atom is -0.481 e. The van der Waals surface area contributed by atoms with Gasteiger partial charge in [0.15, 0.2) is 0 Å². The summed E-state index contributed by atoms with van der Waals surface area (Å²) in [6, 6.07) is 5.07. The van der Waals surface area contributed by atoms with Crippen molar-refractivity contribution in [2.24, 2.45) is 5.41 Å². The summed E-state index contributed by atoms with van der Waals surface area (Å²) in [7, 11) is 0. The zero-order chi connectivity index (χ0) is 15.6. The Bertz CT molecular complexity index is 527. The summed E-state index contributed by atoms with van der Waals surface area (Å²) in [4.78, 5) is 13.6. The van der Waals surface area contributed by atoms with Crippen LogP contribution in [0.15, 0.2) is 22.7 Å². The van der Waals surface area contributed by atoms with Gasteiger partial charge in [0.2, 0.25) is 0 Å². The van der Waals surface area contributed by atoms with Crippen molar-refractivity contribution in [1.29, 1.82) is 0 Å². The van der Waals surface area contributed by atoms with E-state index in [4.69, 9.17) is 0 Å². The molecular formula is C16H21BrFNO2. The molecule has 21 heavy (non-hydrogen) atoms. The molecule has 1 aromatic carbocycles. The Morgan fingerprint density at radius 1 is 1.48 bits per heavy atom. The molecule has 0 aromatic heterocycles. The van der Waals surface area contributed by atoms with Crippen LogP contribution in [0.2, 0.25) is 0 Å². The number of hydrogen-bond donors (Lipinski definition) is 1. The maximum absolute atomic E-state index is 14.1. The van der Waals surface area contributed by atoms with Crippen molar-refractivity contribution < 1.29 is 14.3 Å². The molecule has 1 heterocycles. The van der Waals surface area contributed by atoms with Gasteiger partial charge in [-0.15, -0.1) is 0 Å². The molecule has 1 aliphatic rings. The molecule has 0 amide bonds. The standard InChI is InChI=1S/C16H21BrFNO2/c1-3-16(15(20)21)6-8-19(9-7-16)11(2)13-5-4-12(17)10-14(13)18/h4-5,10-11H,3,6-9H2,1-2H3,(H,20,21). The molecule has 0 aliphatic carbocycles. The molecule has 3 nitrogen and oxygen atoms in total. The quantitative estimate of drug-likeness (QED) is 0.876. The Morgan fingerprint density at radius 3 is 2.57 bits per heavy atom. The first-order valence-electron chi connectivity index (χ1n) is 7.32. The van der Waals surface area contributed by atoms with Crippen LogP contribution >= 0.6 is 15.9 Å². The highest BCUT2D eigenvalue weighted by molar-refractivity contribution is 9.10. The van der Waals surface area contributed by atoms with Crippen molar-refractivity contribution in [3.8, 4) is 0 Å². The Hall–Kier alpha value is -0.940. The van der Waals surface area contributed by atoms with Crippen LogP contribution < -0.4 is 0 Å². The van der Waals surface area contributed by atoms with Crippen LogP contribution in [0.5, 0.6) is 0 Å². The number of carboxylic acids is 1. The van der Waals surface area contributed by atoms with Gasteiger partial charge in [0, 0.05) is 16.1 Å². The van der Waals surface area contributed by atoms with Gasteiger partial charge in [-0.25, -0.2) is 4.39 Å². The normalized spacial score (nSPS) is 20.2. The number of aliphatic carboxylic acids is 1. The fraction of sp³-hybridized carbons (Fsp3) is 0.562. The third-order valence-corrected chi connectivity index (χ3v) is 5.34. The molecule has 0 radical (unpaired) electrons. The molecule has 0 saturated carbocycles. The van der Waals surface area contributed by atoms with Crippen molar-refractivity contribution in [1.82, 2.24) is 4.90 Å². The van der Waals surface area contributed by atoms with Gasteiger partial charge in [-0.05, 0) is 51.4 Å². The minimum atomic E-state index is -0.702. The molecule has 2 rings (SSSR count). The van der Waals surface area contributed by atoms with Gasteiger partial charge in [0.25, 0.3) is 0 Å². The molecule has 0 bridgehead atoms. The van der Waals surface area contributed by atoms with Crippen molar-refractivity contribution in [3.05, 3.63) is 34.1 Å². The van der Waals surface area contributed by atoms with Crippen LogP contribution in [0.1, 0.15) is 44.7 Å². The van der Waals surface area contributed by atoms with Crippen LogP contribution in [0.25, 0.3) is 0 Å². The van der Waals surface area contributed by atoms with E-state index in [1.807, 2.05) is 19.9 Å². The number of likely N-dealkylation sites (tertiary alicyclic amines) is 1. The van der Waals surface area contributed by atoms with E-state index in [2.05, 4.69) is 20.8 Å². The van der Waals surface area contributed by atoms with Crippen molar-refractivity contribution >= 4 is 21.9 Å². The predicted molar refractivity (Wildman–Crippen MR) is 83.7 cm³/mol. The van der Waals surface area contributed by atoms with E-state index in [-0.39, 0.29) is 11.9 Å². The van der Waals surface area contributed by atoms with E-state index in [1.54, 1.807) is 6.07 Å². The number of carboxylic acid groups (broad SMARTS) is 1. The average Bonchev–Trinajstić information content (AvgIpc) is 2.46. The molecule has 1 fully saturated rings. The molecule has 1 saturated heterocycles. The van der Waals surface area contributed by atoms with Gasteiger partial charge in [0.05, 0.1) is 5.41 Å². The second kappa shape index (κ2) is 6.44. The SMILES string of the molecule is CCC1(C(=O)O)CCN(C(C)c2ccc(Br)cc2F)CC1. The van der Waals surface area contributed by atoms with Gasteiger partial charge in [0.1, 0.15) is 5.82 Å². The van der Waals surface area contributed by atoms with Crippen LogP contribution in [0.4, 0.5) is 4.39 Å². The zero-order valence-corrected chi connectivity index (χ0v) is 14.0. The van der Waals surface area contributed by atoms with Crippen molar-refractivity contribution in [3.63, 3.8) is 0 Å². The highest BCUT2D eigenvalue weighted by Gasteiger charge is 2.40. The van der Waals surface area contributed by atoms with E-state index < -0.39 is 11.4 Å². The monoisotopic (exact) mass is 357 g/mol. The zero-order valence-electron chi connectivity index (χ0n) is 12.4. The fourth-order valence-electron chi connectivity index (χ4n) is 3.10. The van der Waals surface area contributed by atoms with Crippen LogP contribution in [-0.2, 0) is 4.79 Å². The third kappa shape index (κ3) is 3.29. The number of hydrogen-bond acceptors (Lipinski definition) is 2. The van der Waals surface area contributed by atoms with Crippen LogP contribution in [0.3, 0.4) is 0 Å². The number of nitrogens with zero attached hydrogens (tertiary/aromatic N) is 1. The highest BCUT2D eigenvalue weighted by Crippen LogP contribution is 2.38. The van der Waals surface area contributed by atoms with Gasteiger partial charge in [-0.2, -0.15) is 0 Å². The molecule has 1 N–H and O–H groups in total. The first-order valence-corrected chi connectivity index (χ1v) is 8.11. The summed E-state index contributed by atoms with van der Waals surface area (Å²) in [5, 5.41) is 9.42. The average molecular weight is 358 g/mol. The van der Waals surface area contributed by atoms with Gasteiger partial charge < -0.3 is 5.11 Å². The number of piperidine rings is 1. The first kappa shape index (κ1) is 16.4. The summed E-state index contributed by atoms with van der Waals surface area (Å²) in [6.45, 7) is 5.29. The lowest BCUT2D eigenvalue weighted by Crippen LogP contribution is -2.44. The summed E-state index contributed by atoms with van der Waals surface area (Å²) in [6.07, 6.45) is 1.90. The van der Waals surface area contributed by atoms with Gasteiger partial charge in [-0.1, -0.05) is 28.9 Å². The maximum Gasteiger partial charge on any atom is 0.309 e. The van der Waals surface area contributed by atoms with Gasteiger partial charge >= 0.3 is 5.97 Å². The Kier molecular flexibility index (Phi) is 5.04. The third-order valence-electron chi connectivity index (χ3n) is 4.85. The Balaban J connectivity index is 2.09. The Labute approximate surface area is 133 Å². The van der Waals surface area contributed by atoms with Crippen molar-refractivity contribution in [2.75, 3.05) is 13.1 Å². The summed E-state index contributed by atoms with van der Waals surface area (Å²) < 4.78 is 14.8. The van der Waals surface area contributed by atoms with Crippen molar-refractivity contribution in [2.45, 2.75) is 39.2 Å². The first-order chi connectivity index (χ1) is 9.89. The Morgan fingerprint density at radius 2 is 2.10 bits per heavy atom. The van der Waals surface area contributed by atoms with Gasteiger partial charge in [-0.3, -0.25) is 9.69 Å². The molecule has 1 aromatic rings. The topological polar surface area (TPSA) is 40.5 Å². The van der Waals surface area contributed by atoms with E-state index in [1.165, 1.54) is 6.07 Å². The molecular weight excluding hydrogens is 337 g/mol. The summed E-state index contributed by atoms with van der Waals surface area (Å²) in [5.41, 5.74) is 0.0617. The largest absolute Gasteiger partial charge is 0.481 e. The molecule has 1 unspecified atom stereocenters. The number of carbonyl (C=O) groups is 1. The molecule has 0 spiro atoms. The maximum atomic E-state index is 14.1. The second-order valence-corrected chi connectivity index (χ2v) is 6.73. The molecule has 1 atom stereocenters. The number of rotatable bonds is 4. The lowest BCUT2D eigenvalue weighted by atomic mass is 9.76. The lowest BCUT2D eigenvalue weighted by molar-refractivity contribution is -0.152. The van der Waals surface area contributed by atoms with E-state index in [0.717, 1.165) is 4.47 Å². The molecule has 5 heteroatoms. The fourth-order valence-corrected chi connectivity index (χ4v) is 3.43. The minimum absolute atomic E-state index is 0.0400. The van der Waals surface area contributed by atoms with Crippen LogP contribution in [0, 0.1) is 11.2 Å². The predicted octanol–water partition coefficient (Wildman–Crippen LogP) is 4.23. The lowest BCUT2D eigenvalue weighted by Gasteiger charge is -2.41. The van der Waals surface area contributed by atoms with E-state index in [9.17, 15) is 14.3 Å².